The van der Waals surface area contributed by atoms with E-state index in [2.05, 4.69) is 25.1 Å². The van der Waals surface area contributed by atoms with Crippen LogP contribution in [0.5, 0.6) is 0 Å². The van der Waals surface area contributed by atoms with Gasteiger partial charge in [0.05, 0.1) is 41.3 Å². The van der Waals surface area contributed by atoms with E-state index >= 15 is 0 Å². The molecule has 1 atom stereocenters. The van der Waals surface area contributed by atoms with E-state index in [0.29, 0.717) is 12.2 Å². The van der Waals surface area contributed by atoms with Crippen LogP contribution >= 0.6 is 0 Å². The fourth-order valence-corrected chi connectivity index (χ4v) is 2.98. The Labute approximate surface area is 155 Å². The Bertz CT molecular complexity index is 1070. The minimum absolute atomic E-state index is 0.167. The van der Waals surface area contributed by atoms with E-state index in [1.807, 2.05) is 35.8 Å². The molecule has 8 nitrogen and oxygen atoms in total. The van der Waals surface area contributed by atoms with Crippen molar-refractivity contribution >= 4 is 16.9 Å². The molecule has 4 rings (SSSR count). The summed E-state index contributed by atoms with van der Waals surface area (Å²) >= 11 is 0. The number of benzene rings is 1. The van der Waals surface area contributed by atoms with Crippen LogP contribution in [-0.2, 0) is 6.54 Å². The van der Waals surface area contributed by atoms with Crippen LogP contribution in [0.15, 0.2) is 55.2 Å². The van der Waals surface area contributed by atoms with Gasteiger partial charge in [0.15, 0.2) is 0 Å². The van der Waals surface area contributed by atoms with Gasteiger partial charge in [0, 0.05) is 13.2 Å². The molecule has 0 radical (unpaired) electrons. The summed E-state index contributed by atoms with van der Waals surface area (Å²) < 4.78 is 2.02. The van der Waals surface area contributed by atoms with Crippen molar-refractivity contribution in [1.29, 1.82) is 0 Å². The van der Waals surface area contributed by atoms with Gasteiger partial charge in [-0.2, -0.15) is 5.10 Å². The first-order valence-corrected chi connectivity index (χ1v) is 8.60. The normalized spacial score (nSPS) is 12.2. The summed E-state index contributed by atoms with van der Waals surface area (Å²) in [6, 6.07) is 11.3. The Morgan fingerprint density at radius 2 is 2.11 bits per heavy atom. The van der Waals surface area contributed by atoms with E-state index in [-0.39, 0.29) is 11.9 Å². The fraction of sp³-hybridized carbons (Fsp3) is 0.211. The summed E-state index contributed by atoms with van der Waals surface area (Å²) in [6.07, 6.45) is 4.93. The van der Waals surface area contributed by atoms with Gasteiger partial charge in [0.2, 0.25) is 0 Å². The molecule has 0 aliphatic heterocycles. The third-order valence-corrected chi connectivity index (χ3v) is 4.65. The van der Waals surface area contributed by atoms with Crippen LogP contribution in [0.2, 0.25) is 0 Å². The van der Waals surface area contributed by atoms with Crippen molar-refractivity contribution in [2.45, 2.75) is 19.5 Å². The van der Waals surface area contributed by atoms with Crippen molar-refractivity contribution in [2.75, 3.05) is 7.05 Å². The maximum absolute atomic E-state index is 12.8. The Morgan fingerprint density at radius 3 is 2.93 bits per heavy atom. The van der Waals surface area contributed by atoms with Gasteiger partial charge in [0.25, 0.3) is 5.91 Å². The maximum Gasteiger partial charge on any atom is 0.274 e. The largest absolute Gasteiger partial charge is 0.332 e. The lowest BCUT2D eigenvalue weighted by Crippen LogP contribution is -2.30. The second-order valence-corrected chi connectivity index (χ2v) is 6.37. The fourth-order valence-electron chi connectivity index (χ4n) is 2.98. The van der Waals surface area contributed by atoms with Gasteiger partial charge in [-0.1, -0.05) is 12.1 Å². The Hall–Kier alpha value is -3.55. The monoisotopic (exact) mass is 361 g/mol. The zero-order chi connectivity index (χ0) is 18.8. The highest BCUT2D eigenvalue weighted by molar-refractivity contribution is 5.92. The lowest BCUT2D eigenvalue weighted by Gasteiger charge is -2.23. The smallest absolute Gasteiger partial charge is 0.274 e. The summed E-state index contributed by atoms with van der Waals surface area (Å²) in [5.74, 6) is -0.167. The van der Waals surface area contributed by atoms with Crippen molar-refractivity contribution in [3.05, 3.63) is 72.3 Å². The number of hydrogen-bond acceptors (Lipinski definition) is 5. The van der Waals surface area contributed by atoms with Crippen LogP contribution in [0.3, 0.4) is 0 Å². The zero-order valence-corrected chi connectivity index (χ0v) is 15.1. The molecule has 0 aliphatic carbocycles. The molecule has 3 heterocycles. The highest BCUT2D eigenvalue weighted by Gasteiger charge is 2.22. The van der Waals surface area contributed by atoms with Gasteiger partial charge in [0.1, 0.15) is 12.0 Å². The van der Waals surface area contributed by atoms with Crippen LogP contribution in [0.4, 0.5) is 0 Å². The molecule has 136 valence electrons. The van der Waals surface area contributed by atoms with Crippen LogP contribution in [-0.4, -0.2) is 47.6 Å². The minimum atomic E-state index is -0.182. The predicted molar refractivity (Wildman–Crippen MR) is 100.0 cm³/mol. The van der Waals surface area contributed by atoms with Crippen molar-refractivity contribution < 1.29 is 4.79 Å². The number of carbonyl (C=O) groups excluding carboxylic acids is 1. The summed E-state index contributed by atoms with van der Waals surface area (Å²) in [7, 11) is 1.74. The molecule has 4 aromatic rings. The molecule has 0 saturated carbocycles. The highest BCUT2D eigenvalue weighted by Crippen LogP contribution is 2.18. The molecule has 0 fully saturated rings. The van der Waals surface area contributed by atoms with Gasteiger partial charge in [-0.25, -0.2) is 15.0 Å². The third kappa shape index (κ3) is 3.29. The predicted octanol–water partition coefficient (Wildman–Crippen LogP) is 2.43. The van der Waals surface area contributed by atoms with E-state index in [1.54, 1.807) is 36.6 Å². The van der Waals surface area contributed by atoms with Gasteiger partial charge >= 0.3 is 0 Å². The average molecular weight is 361 g/mol. The summed E-state index contributed by atoms with van der Waals surface area (Å²) in [5, 5.41) is 7.14. The molecule has 1 aromatic carbocycles. The van der Waals surface area contributed by atoms with Crippen molar-refractivity contribution in [3.63, 3.8) is 0 Å². The molecule has 3 aromatic heterocycles. The molecule has 1 N–H and O–H groups in total. The van der Waals surface area contributed by atoms with Crippen LogP contribution in [0.1, 0.15) is 34.8 Å². The molecule has 1 unspecified atom stereocenters. The lowest BCUT2D eigenvalue weighted by atomic mass is 10.2. The average Bonchev–Trinajstić information content (AvgIpc) is 3.35. The Kier molecular flexibility index (Phi) is 4.37. The number of nitrogens with one attached hydrogen (secondary N) is 1. The zero-order valence-electron chi connectivity index (χ0n) is 15.1. The minimum Gasteiger partial charge on any atom is -0.332 e. The number of aromatic nitrogens is 6. The third-order valence-electron chi connectivity index (χ3n) is 4.65. The van der Waals surface area contributed by atoms with Gasteiger partial charge < -0.3 is 9.47 Å². The van der Waals surface area contributed by atoms with Crippen LogP contribution in [0, 0.1) is 0 Å². The number of nitrogens with zero attached hydrogens (tertiary/aromatic N) is 6. The number of imidazole rings is 1. The number of H-pyrrole nitrogens is 1. The van der Waals surface area contributed by atoms with E-state index in [4.69, 9.17) is 0 Å². The maximum atomic E-state index is 12.8. The summed E-state index contributed by atoms with van der Waals surface area (Å²) in [5.41, 5.74) is 3.96. The van der Waals surface area contributed by atoms with E-state index in [1.165, 1.54) is 6.33 Å². The Morgan fingerprint density at radius 1 is 1.26 bits per heavy atom. The van der Waals surface area contributed by atoms with E-state index in [9.17, 15) is 4.79 Å². The molecular formula is C19H19N7O. The highest BCUT2D eigenvalue weighted by atomic mass is 16.2. The molecule has 0 saturated heterocycles. The van der Waals surface area contributed by atoms with Crippen molar-refractivity contribution in [3.8, 4) is 0 Å². The lowest BCUT2D eigenvalue weighted by molar-refractivity contribution is 0.0733. The number of amides is 1. The van der Waals surface area contributed by atoms with Crippen molar-refractivity contribution in [2.24, 2.45) is 0 Å². The standard InChI is InChI=1S/C19H19N7O/c1-13(15-7-8-20-11-21-15)25(2)19(27)17-9-14(23-24-17)10-26-12-22-16-5-3-4-6-18(16)26/h3-9,11-13H,10H2,1-2H3,(H,23,24). The second-order valence-electron chi connectivity index (χ2n) is 6.37. The molecule has 0 bridgehead atoms. The van der Waals surface area contributed by atoms with E-state index < -0.39 is 0 Å². The van der Waals surface area contributed by atoms with Gasteiger partial charge in [-0.15, -0.1) is 0 Å². The number of carbonyl (C=O) groups is 1. The molecule has 1 amide bonds. The first-order valence-electron chi connectivity index (χ1n) is 8.60. The van der Waals surface area contributed by atoms with E-state index in [0.717, 1.165) is 22.4 Å². The SMILES string of the molecule is CC(c1ccncn1)N(C)C(=O)c1cc(Cn2cnc3ccccc32)[nH]n1. The number of para-hydroxylation sites is 2. The number of fused-ring (bicyclic) bond motifs is 1. The first kappa shape index (κ1) is 16.9. The molecule has 27 heavy (non-hydrogen) atoms. The number of hydrogen-bond donors (Lipinski definition) is 1. The topological polar surface area (TPSA) is 92.6 Å². The Balaban J connectivity index is 1.51. The van der Waals surface area contributed by atoms with Crippen LogP contribution in [0.25, 0.3) is 11.0 Å². The first-order chi connectivity index (χ1) is 13.1. The second kappa shape index (κ2) is 6.99. The molecule has 0 spiro atoms. The van der Waals surface area contributed by atoms with Crippen molar-refractivity contribution in [1.82, 2.24) is 34.6 Å². The summed E-state index contributed by atoms with van der Waals surface area (Å²) in [4.78, 5) is 26.9. The molecule has 8 heteroatoms. The number of aromatic amines is 1. The van der Waals surface area contributed by atoms with Gasteiger partial charge in [-0.3, -0.25) is 9.89 Å². The van der Waals surface area contributed by atoms with Gasteiger partial charge in [-0.05, 0) is 31.2 Å². The van der Waals surface area contributed by atoms with Crippen LogP contribution < -0.4 is 0 Å². The summed E-state index contributed by atoms with van der Waals surface area (Å²) in [6.45, 7) is 2.48. The quantitative estimate of drug-likeness (QED) is 0.589. The number of rotatable bonds is 5. The molecule has 0 aliphatic rings. The molecular weight excluding hydrogens is 342 g/mol.